The Morgan fingerprint density at radius 2 is 1.95 bits per heavy atom. The van der Waals surface area contributed by atoms with Crippen LogP contribution in [0.5, 0.6) is 0 Å². The standard InChI is InChI=1S/C14H16O6/c1-20-12(17)11(16)10(15)8-3-2-4-9(7-8)14(5-6-14)13(18)19/h2-4,7,10-11,15-16H,5-6H2,1H3,(H,18,19). The van der Waals surface area contributed by atoms with E-state index in [4.69, 9.17) is 0 Å². The average Bonchev–Trinajstić information content (AvgIpc) is 3.26. The molecule has 2 atom stereocenters. The molecule has 0 bridgehead atoms. The van der Waals surface area contributed by atoms with Crippen LogP contribution in [-0.2, 0) is 19.7 Å². The lowest BCUT2D eigenvalue weighted by Crippen LogP contribution is -2.29. The summed E-state index contributed by atoms with van der Waals surface area (Å²) in [6.07, 6.45) is -2.06. The second kappa shape index (κ2) is 5.22. The minimum absolute atomic E-state index is 0.285. The van der Waals surface area contributed by atoms with Gasteiger partial charge in [-0.1, -0.05) is 24.3 Å². The number of aliphatic hydroxyl groups excluding tert-OH is 2. The van der Waals surface area contributed by atoms with E-state index in [0.717, 1.165) is 7.11 Å². The number of aliphatic carboxylic acids is 1. The van der Waals surface area contributed by atoms with Crippen LogP contribution in [0.25, 0.3) is 0 Å². The number of benzene rings is 1. The minimum atomic E-state index is -1.70. The maximum Gasteiger partial charge on any atom is 0.337 e. The molecule has 6 nitrogen and oxygen atoms in total. The third kappa shape index (κ3) is 2.39. The van der Waals surface area contributed by atoms with Crippen LogP contribution >= 0.6 is 0 Å². The number of carboxylic acid groups (broad SMARTS) is 1. The summed E-state index contributed by atoms with van der Waals surface area (Å²) in [5.41, 5.74) is -0.0436. The van der Waals surface area contributed by atoms with E-state index in [2.05, 4.69) is 4.74 Å². The normalized spacial score (nSPS) is 18.9. The number of carbonyl (C=O) groups excluding carboxylic acids is 1. The number of carbonyl (C=O) groups is 2. The fraction of sp³-hybridized carbons (Fsp3) is 0.429. The van der Waals surface area contributed by atoms with Gasteiger partial charge < -0.3 is 20.1 Å². The molecule has 1 aliphatic rings. The van der Waals surface area contributed by atoms with E-state index in [1.165, 1.54) is 12.1 Å². The van der Waals surface area contributed by atoms with Crippen molar-refractivity contribution in [3.8, 4) is 0 Å². The highest BCUT2D eigenvalue weighted by Crippen LogP contribution is 2.48. The summed E-state index contributed by atoms with van der Waals surface area (Å²) >= 11 is 0. The predicted molar refractivity (Wildman–Crippen MR) is 68.0 cm³/mol. The van der Waals surface area contributed by atoms with Crippen LogP contribution in [0.15, 0.2) is 24.3 Å². The van der Waals surface area contributed by atoms with Gasteiger partial charge in [-0.2, -0.15) is 0 Å². The van der Waals surface area contributed by atoms with Crippen molar-refractivity contribution in [3.05, 3.63) is 35.4 Å². The van der Waals surface area contributed by atoms with Gasteiger partial charge in [0.15, 0.2) is 6.10 Å². The van der Waals surface area contributed by atoms with Crippen molar-refractivity contribution in [1.29, 1.82) is 0 Å². The van der Waals surface area contributed by atoms with Crippen LogP contribution in [0.2, 0.25) is 0 Å². The topological polar surface area (TPSA) is 104 Å². The first-order valence-corrected chi connectivity index (χ1v) is 6.20. The smallest absolute Gasteiger partial charge is 0.337 e. The van der Waals surface area contributed by atoms with Crippen molar-refractivity contribution >= 4 is 11.9 Å². The molecule has 0 aliphatic heterocycles. The summed E-state index contributed by atoms with van der Waals surface area (Å²) in [7, 11) is 1.11. The summed E-state index contributed by atoms with van der Waals surface area (Å²) in [5, 5.41) is 28.8. The van der Waals surface area contributed by atoms with Crippen molar-refractivity contribution in [1.82, 2.24) is 0 Å². The number of aliphatic hydroxyl groups is 2. The van der Waals surface area contributed by atoms with Gasteiger partial charge in [0.2, 0.25) is 0 Å². The fourth-order valence-corrected chi connectivity index (χ4v) is 2.20. The fourth-order valence-electron chi connectivity index (χ4n) is 2.20. The first-order chi connectivity index (χ1) is 9.42. The van der Waals surface area contributed by atoms with Gasteiger partial charge in [0, 0.05) is 0 Å². The Labute approximate surface area is 115 Å². The Morgan fingerprint density at radius 1 is 1.30 bits per heavy atom. The van der Waals surface area contributed by atoms with Crippen LogP contribution in [0.3, 0.4) is 0 Å². The molecule has 108 valence electrons. The monoisotopic (exact) mass is 280 g/mol. The van der Waals surface area contributed by atoms with Gasteiger partial charge in [-0.3, -0.25) is 4.79 Å². The van der Waals surface area contributed by atoms with Crippen molar-refractivity contribution in [2.75, 3.05) is 7.11 Å². The van der Waals surface area contributed by atoms with Gasteiger partial charge >= 0.3 is 11.9 Å². The second-order valence-electron chi connectivity index (χ2n) is 4.93. The molecule has 1 fully saturated rings. The van der Waals surface area contributed by atoms with Gasteiger partial charge in [0.05, 0.1) is 12.5 Å². The van der Waals surface area contributed by atoms with Crippen molar-refractivity contribution in [2.24, 2.45) is 0 Å². The Balaban J connectivity index is 2.27. The molecular formula is C14H16O6. The largest absolute Gasteiger partial charge is 0.481 e. The zero-order chi connectivity index (χ0) is 14.9. The van der Waals surface area contributed by atoms with Crippen molar-refractivity contribution in [2.45, 2.75) is 30.5 Å². The first-order valence-electron chi connectivity index (χ1n) is 6.20. The highest BCUT2D eigenvalue weighted by molar-refractivity contribution is 5.85. The number of ether oxygens (including phenoxy) is 1. The summed E-state index contributed by atoms with van der Waals surface area (Å²) < 4.78 is 4.36. The molecule has 1 aromatic rings. The van der Waals surface area contributed by atoms with E-state index in [-0.39, 0.29) is 5.56 Å². The first kappa shape index (κ1) is 14.5. The van der Waals surface area contributed by atoms with Crippen LogP contribution in [0, 0.1) is 0 Å². The highest BCUT2D eigenvalue weighted by atomic mass is 16.5. The molecule has 20 heavy (non-hydrogen) atoms. The van der Waals surface area contributed by atoms with E-state index in [0.29, 0.717) is 18.4 Å². The summed E-state index contributed by atoms with van der Waals surface area (Å²) in [5.74, 6) is -1.85. The SMILES string of the molecule is COC(=O)C(O)C(O)c1cccc(C2(C(=O)O)CC2)c1. The maximum absolute atomic E-state index is 11.3. The number of carboxylic acids is 1. The van der Waals surface area contributed by atoms with Crippen molar-refractivity contribution in [3.63, 3.8) is 0 Å². The van der Waals surface area contributed by atoms with Gasteiger partial charge in [-0.05, 0) is 24.0 Å². The van der Waals surface area contributed by atoms with E-state index in [1.54, 1.807) is 12.1 Å². The Kier molecular flexibility index (Phi) is 3.78. The van der Waals surface area contributed by atoms with Crippen LogP contribution in [0.4, 0.5) is 0 Å². The zero-order valence-electron chi connectivity index (χ0n) is 10.9. The molecule has 0 aromatic heterocycles. The van der Waals surface area contributed by atoms with Crippen LogP contribution < -0.4 is 0 Å². The van der Waals surface area contributed by atoms with Crippen LogP contribution in [0.1, 0.15) is 30.1 Å². The van der Waals surface area contributed by atoms with E-state index in [9.17, 15) is 24.9 Å². The molecule has 1 saturated carbocycles. The van der Waals surface area contributed by atoms with Gasteiger partial charge in [0.25, 0.3) is 0 Å². The molecule has 6 heteroatoms. The number of hydrogen-bond donors (Lipinski definition) is 3. The summed E-state index contributed by atoms with van der Waals surface area (Å²) in [4.78, 5) is 22.5. The Morgan fingerprint density at radius 3 is 2.45 bits per heavy atom. The predicted octanol–water partition coefficient (Wildman–Crippen LogP) is 0.370. The van der Waals surface area contributed by atoms with Crippen LogP contribution in [-0.4, -0.2) is 40.5 Å². The number of methoxy groups -OCH3 is 1. The second-order valence-corrected chi connectivity index (χ2v) is 4.93. The lowest BCUT2D eigenvalue weighted by molar-refractivity contribution is -0.156. The number of rotatable bonds is 5. The van der Waals surface area contributed by atoms with Crippen molar-refractivity contribution < 1.29 is 29.6 Å². The zero-order valence-corrected chi connectivity index (χ0v) is 10.9. The molecule has 0 saturated heterocycles. The molecule has 1 aliphatic carbocycles. The molecule has 1 aromatic carbocycles. The molecule has 2 unspecified atom stereocenters. The Hall–Kier alpha value is -1.92. The Bertz CT molecular complexity index is 534. The molecule has 0 heterocycles. The summed E-state index contributed by atoms with van der Waals surface area (Å²) in [6.45, 7) is 0. The third-order valence-corrected chi connectivity index (χ3v) is 3.68. The quantitative estimate of drug-likeness (QED) is 0.673. The number of esters is 1. The minimum Gasteiger partial charge on any atom is -0.481 e. The molecule has 0 spiro atoms. The van der Waals surface area contributed by atoms with Gasteiger partial charge in [-0.25, -0.2) is 4.79 Å². The van der Waals surface area contributed by atoms with E-state index >= 15 is 0 Å². The molecule has 0 radical (unpaired) electrons. The maximum atomic E-state index is 11.3. The molecule has 2 rings (SSSR count). The highest BCUT2D eigenvalue weighted by Gasteiger charge is 2.51. The van der Waals surface area contributed by atoms with Gasteiger partial charge in [-0.15, -0.1) is 0 Å². The van der Waals surface area contributed by atoms with E-state index in [1.807, 2.05) is 0 Å². The lowest BCUT2D eigenvalue weighted by Gasteiger charge is -2.18. The van der Waals surface area contributed by atoms with Gasteiger partial charge in [0.1, 0.15) is 6.10 Å². The number of hydrogen-bond acceptors (Lipinski definition) is 5. The third-order valence-electron chi connectivity index (χ3n) is 3.68. The molecule has 3 N–H and O–H groups in total. The van der Waals surface area contributed by atoms with E-state index < -0.39 is 29.6 Å². The summed E-state index contributed by atoms with van der Waals surface area (Å²) in [6, 6.07) is 6.30. The average molecular weight is 280 g/mol. The lowest BCUT2D eigenvalue weighted by atomic mass is 9.92. The molecular weight excluding hydrogens is 264 g/mol. The molecule has 0 amide bonds.